The molecule has 0 radical (unpaired) electrons. The van der Waals surface area contributed by atoms with Crippen LogP contribution in [-0.2, 0) is 0 Å². The molecule has 1 N–H and O–H groups in total. The summed E-state index contributed by atoms with van der Waals surface area (Å²) in [7, 11) is 0. The minimum absolute atomic E-state index is 0.153. The number of amides is 1. The molecule has 0 saturated carbocycles. The van der Waals surface area contributed by atoms with Crippen LogP contribution in [0.4, 0.5) is 0 Å². The van der Waals surface area contributed by atoms with Crippen LogP contribution in [0.15, 0.2) is 16.7 Å². The van der Waals surface area contributed by atoms with Crippen molar-refractivity contribution in [2.75, 3.05) is 12.3 Å². The quantitative estimate of drug-likeness (QED) is 0.849. The molecule has 3 nitrogen and oxygen atoms in total. The molecule has 1 aliphatic heterocycles. The Labute approximate surface area is 124 Å². The molecule has 18 heavy (non-hydrogen) atoms. The summed E-state index contributed by atoms with van der Waals surface area (Å²) in [6.45, 7) is 0.701. The van der Waals surface area contributed by atoms with Crippen LogP contribution in [0, 0.1) is 0 Å². The number of hydrogen-bond acceptors (Lipinski definition) is 3. The summed E-state index contributed by atoms with van der Waals surface area (Å²) >= 11 is 11.1. The van der Waals surface area contributed by atoms with Crippen molar-refractivity contribution in [2.24, 2.45) is 0 Å². The first-order valence-electron chi connectivity index (χ1n) is 5.87. The Morgan fingerprint density at radius 2 is 2.44 bits per heavy atom. The Balaban J connectivity index is 1.92. The highest BCUT2D eigenvalue weighted by atomic mass is 79.9. The molecule has 0 aromatic carbocycles. The molecule has 1 aromatic heterocycles. The van der Waals surface area contributed by atoms with Gasteiger partial charge in [0.1, 0.15) is 5.15 Å². The van der Waals surface area contributed by atoms with E-state index in [-0.39, 0.29) is 11.1 Å². The number of nitrogens with one attached hydrogen (secondary N) is 1. The zero-order valence-electron chi connectivity index (χ0n) is 9.79. The summed E-state index contributed by atoms with van der Waals surface area (Å²) in [5.74, 6) is 1.04. The van der Waals surface area contributed by atoms with Gasteiger partial charge in [-0.2, -0.15) is 11.8 Å². The van der Waals surface area contributed by atoms with E-state index < -0.39 is 0 Å². The van der Waals surface area contributed by atoms with Crippen molar-refractivity contribution < 1.29 is 4.79 Å². The molecule has 0 spiro atoms. The Morgan fingerprint density at radius 1 is 1.61 bits per heavy atom. The molecule has 1 amide bonds. The van der Waals surface area contributed by atoms with E-state index in [9.17, 15) is 4.79 Å². The third-order valence-electron chi connectivity index (χ3n) is 2.81. The number of carbonyl (C=O) groups is 1. The summed E-state index contributed by atoms with van der Waals surface area (Å²) in [6.07, 6.45) is 5.30. The Hall–Kier alpha value is -0.260. The van der Waals surface area contributed by atoms with Gasteiger partial charge in [-0.25, -0.2) is 4.98 Å². The summed E-state index contributed by atoms with van der Waals surface area (Å²) < 4.78 is 0.754. The van der Waals surface area contributed by atoms with Gasteiger partial charge in [0.2, 0.25) is 0 Å². The molecule has 1 fully saturated rings. The first-order valence-corrected chi connectivity index (χ1v) is 8.09. The van der Waals surface area contributed by atoms with Gasteiger partial charge in [0.05, 0.1) is 5.56 Å². The normalized spacial score (nSPS) is 19.6. The molecule has 0 bridgehead atoms. The fourth-order valence-corrected chi connectivity index (χ4v) is 3.61. The summed E-state index contributed by atoms with van der Waals surface area (Å²) in [5, 5.41) is 3.70. The van der Waals surface area contributed by atoms with Crippen LogP contribution in [-0.4, -0.2) is 28.4 Å². The van der Waals surface area contributed by atoms with Gasteiger partial charge in [0.15, 0.2) is 0 Å². The zero-order valence-corrected chi connectivity index (χ0v) is 12.9. The van der Waals surface area contributed by atoms with Gasteiger partial charge in [-0.05, 0) is 40.6 Å². The minimum Gasteiger partial charge on any atom is -0.351 e. The molecule has 1 unspecified atom stereocenters. The zero-order chi connectivity index (χ0) is 13.0. The van der Waals surface area contributed by atoms with Crippen LogP contribution in [0.5, 0.6) is 0 Å². The van der Waals surface area contributed by atoms with Gasteiger partial charge in [-0.15, -0.1) is 0 Å². The number of halogens is 2. The Morgan fingerprint density at radius 3 is 3.17 bits per heavy atom. The molecule has 1 aromatic rings. The van der Waals surface area contributed by atoms with Crippen LogP contribution < -0.4 is 5.32 Å². The maximum Gasteiger partial charge on any atom is 0.254 e. The van der Waals surface area contributed by atoms with Crippen molar-refractivity contribution in [3.63, 3.8) is 0 Å². The van der Waals surface area contributed by atoms with Crippen LogP contribution in [0.25, 0.3) is 0 Å². The number of aromatic nitrogens is 1. The molecule has 1 atom stereocenters. The number of thioether (sulfide) groups is 1. The van der Waals surface area contributed by atoms with E-state index in [1.165, 1.54) is 25.0 Å². The molecular weight excluding hydrogens is 336 g/mol. The molecule has 6 heteroatoms. The van der Waals surface area contributed by atoms with Gasteiger partial charge in [0.25, 0.3) is 5.91 Å². The van der Waals surface area contributed by atoms with Gasteiger partial charge < -0.3 is 5.32 Å². The highest BCUT2D eigenvalue weighted by Gasteiger charge is 2.17. The summed E-state index contributed by atoms with van der Waals surface area (Å²) in [5.41, 5.74) is 0.423. The molecule has 1 aliphatic rings. The monoisotopic (exact) mass is 348 g/mol. The van der Waals surface area contributed by atoms with Crippen LogP contribution in [0.3, 0.4) is 0 Å². The number of nitrogens with zero attached hydrogens (tertiary/aromatic N) is 1. The van der Waals surface area contributed by atoms with Gasteiger partial charge >= 0.3 is 0 Å². The van der Waals surface area contributed by atoms with E-state index in [0.29, 0.717) is 17.4 Å². The Bertz CT molecular complexity index is 438. The summed E-state index contributed by atoms with van der Waals surface area (Å²) in [4.78, 5) is 15.9. The van der Waals surface area contributed by atoms with Crippen molar-refractivity contribution in [1.82, 2.24) is 10.3 Å². The number of carbonyl (C=O) groups excluding carboxylic acids is 1. The molecule has 1 saturated heterocycles. The van der Waals surface area contributed by atoms with Crippen molar-refractivity contribution in [3.8, 4) is 0 Å². The van der Waals surface area contributed by atoms with Crippen molar-refractivity contribution in [2.45, 2.75) is 24.5 Å². The second-order valence-electron chi connectivity index (χ2n) is 4.19. The van der Waals surface area contributed by atoms with Gasteiger partial charge in [-0.1, -0.05) is 18.0 Å². The van der Waals surface area contributed by atoms with E-state index in [1.54, 1.807) is 12.3 Å². The lowest BCUT2D eigenvalue weighted by molar-refractivity contribution is 0.0953. The second kappa shape index (κ2) is 6.78. The lowest BCUT2D eigenvalue weighted by atomic mass is 10.2. The lowest BCUT2D eigenvalue weighted by Crippen LogP contribution is -2.32. The SMILES string of the molecule is O=C(NCC1CCCCS1)c1cc(Br)cnc1Cl. The molecule has 2 heterocycles. The maximum absolute atomic E-state index is 12.0. The van der Waals surface area contributed by atoms with Crippen molar-refractivity contribution in [3.05, 3.63) is 27.5 Å². The van der Waals surface area contributed by atoms with Crippen LogP contribution >= 0.6 is 39.3 Å². The molecule has 98 valence electrons. The average molecular weight is 350 g/mol. The van der Waals surface area contributed by atoms with Gasteiger partial charge in [-0.3, -0.25) is 4.79 Å². The number of rotatable bonds is 3. The molecule has 2 rings (SSSR count). The maximum atomic E-state index is 12.0. The average Bonchev–Trinajstić information content (AvgIpc) is 2.40. The molecule has 0 aliphatic carbocycles. The Kier molecular flexibility index (Phi) is 5.33. The van der Waals surface area contributed by atoms with Crippen LogP contribution in [0.2, 0.25) is 5.15 Å². The fraction of sp³-hybridized carbons (Fsp3) is 0.500. The van der Waals surface area contributed by atoms with E-state index in [1.807, 2.05) is 11.8 Å². The highest BCUT2D eigenvalue weighted by Crippen LogP contribution is 2.24. The third kappa shape index (κ3) is 3.87. The topological polar surface area (TPSA) is 42.0 Å². The first kappa shape index (κ1) is 14.2. The van der Waals surface area contributed by atoms with Crippen LogP contribution in [0.1, 0.15) is 29.6 Å². The van der Waals surface area contributed by atoms with Crippen molar-refractivity contribution in [1.29, 1.82) is 0 Å². The van der Waals surface area contributed by atoms with E-state index in [0.717, 1.165) is 4.47 Å². The standard InChI is InChI=1S/C12H14BrClN2OS/c13-8-5-10(11(14)15-6-8)12(17)16-7-9-3-1-2-4-18-9/h5-6,9H,1-4,7H2,(H,16,17). The smallest absolute Gasteiger partial charge is 0.254 e. The predicted octanol–water partition coefficient (Wildman–Crippen LogP) is 3.51. The third-order valence-corrected chi connectivity index (χ3v) is 4.95. The van der Waals surface area contributed by atoms with E-state index in [4.69, 9.17) is 11.6 Å². The largest absolute Gasteiger partial charge is 0.351 e. The first-order chi connectivity index (χ1) is 8.66. The lowest BCUT2D eigenvalue weighted by Gasteiger charge is -2.21. The highest BCUT2D eigenvalue weighted by molar-refractivity contribution is 9.10. The second-order valence-corrected chi connectivity index (χ2v) is 6.87. The number of hydrogen-bond donors (Lipinski definition) is 1. The summed E-state index contributed by atoms with van der Waals surface area (Å²) in [6, 6.07) is 1.69. The minimum atomic E-state index is -0.153. The van der Waals surface area contributed by atoms with Gasteiger partial charge in [0, 0.05) is 22.5 Å². The van der Waals surface area contributed by atoms with E-state index in [2.05, 4.69) is 26.2 Å². The predicted molar refractivity (Wildman–Crippen MR) is 79.4 cm³/mol. The van der Waals surface area contributed by atoms with Crippen molar-refractivity contribution >= 4 is 45.2 Å². The fourth-order valence-electron chi connectivity index (χ4n) is 1.85. The number of pyridine rings is 1. The molecular formula is C12H14BrClN2OS. The van der Waals surface area contributed by atoms with E-state index >= 15 is 0 Å².